The molecule has 3 aromatic rings. The number of aromatic nitrogens is 1. The highest BCUT2D eigenvalue weighted by Crippen LogP contribution is 2.21. The van der Waals surface area contributed by atoms with Crippen molar-refractivity contribution in [2.75, 3.05) is 0 Å². The van der Waals surface area contributed by atoms with E-state index in [1.807, 2.05) is 18.3 Å². The molecule has 0 radical (unpaired) electrons. The normalized spacial score (nSPS) is 11.0. The second-order valence-corrected chi connectivity index (χ2v) is 4.53. The molecule has 0 amide bonds. The summed E-state index contributed by atoms with van der Waals surface area (Å²) in [6.45, 7) is 2.59. The molecule has 1 N–H and O–H groups in total. The van der Waals surface area contributed by atoms with E-state index in [0.717, 1.165) is 5.52 Å². The Morgan fingerprint density at radius 2 is 2.11 bits per heavy atom. The number of carboxylic acids is 1. The molecule has 0 aliphatic rings. The minimum absolute atomic E-state index is 0.0248. The molecule has 2 heterocycles. The second kappa shape index (κ2) is 4.31. The average molecular weight is 255 g/mol. The summed E-state index contributed by atoms with van der Waals surface area (Å²) in [5.74, 6) is -0.430. The molecule has 0 saturated heterocycles. The van der Waals surface area contributed by atoms with Crippen LogP contribution in [-0.4, -0.2) is 15.6 Å². The van der Waals surface area contributed by atoms with Crippen molar-refractivity contribution < 1.29 is 14.3 Å². The average Bonchev–Trinajstić information content (AvgIpc) is 2.98. The summed E-state index contributed by atoms with van der Waals surface area (Å²) in [6, 6.07) is 11.4. The first-order valence-corrected chi connectivity index (χ1v) is 6.01. The van der Waals surface area contributed by atoms with Gasteiger partial charge in [-0.25, -0.2) is 4.79 Å². The van der Waals surface area contributed by atoms with E-state index in [0.29, 0.717) is 12.3 Å². The van der Waals surface area contributed by atoms with Crippen LogP contribution in [0, 0.1) is 6.92 Å². The van der Waals surface area contributed by atoms with E-state index in [1.54, 1.807) is 6.07 Å². The zero-order chi connectivity index (χ0) is 13.4. The van der Waals surface area contributed by atoms with E-state index in [1.165, 1.54) is 17.0 Å². The first kappa shape index (κ1) is 11.6. The van der Waals surface area contributed by atoms with Crippen LogP contribution in [-0.2, 0) is 6.54 Å². The summed E-state index contributed by atoms with van der Waals surface area (Å²) < 4.78 is 7.35. The first-order chi connectivity index (χ1) is 9.15. The van der Waals surface area contributed by atoms with Gasteiger partial charge in [0.15, 0.2) is 0 Å². The van der Waals surface area contributed by atoms with Crippen LogP contribution < -0.4 is 0 Å². The Hall–Kier alpha value is -2.49. The lowest BCUT2D eigenvalue weighted by Gasteiger charge is -2.05. The molecule has 4 heteroatoms. The van der Waals surface area contributed by atoms with Gasteiger partial charge < -0.3 is 14.1 Å². The van der Waals surface area contributed by atoms with Crippen molar-refractivity contribution in [3.05, 3.63) is 59.7 Å². The Morgan fingerprint density at radius 3 is 2.84 bits per heavy atom. The van der Waals surface area contributed by atoms with Gasteiger partial charge in [0.05, 0.1) is 12.1 Å². The number of furan rings is 1. The van der Waals surface area contributed by atoms with Crippen molar-refractivity contribution in [3.63, 3.8) is 0 Å². The van der Waals surface area contributed by atoms with Crippen molar-refractivity contribution >= 4 is 16.9 Å². The molecule has 0 fully saturated rings. The van der Waals surface area contributed by atoms with Crippen LogP contribution >= 0.6 is 0 Å². The summed E-state index contributed by atoms with van der Waals surface area (Å²) in [6.07, 6.45) is 1.99. The molecule has 0 atom stereocenters. The van der Waals surface area contributed by atoms with E-state index in [-0.39, 0.29) is 5.76 Å². The number of carboxylic acid groups (broad SMARTS) is 1. The Labute approximate surface area is 109 Å². The smallest absolute Gasteiger partial charge is 0.371 e. The zero-order valence-corrected chi connectivity index (χ0v) is 10.5. The van der Waals surface area contributed by atoms with Gasteiger partial charge >= 0.3 is 5.97 Å². The van der Waals surface area contributed by atoms with E-state index in [9.17, 15) is 4.79 Å². The number of aromatic carboxylic acids is 1. The Bertz CT molecular complexity index is 752. The van der Waals surface area contributed by atoms with Crippen molar-refractivity contribution in [3.8, 4) is 0 Å². The van der Waals surface area contributed by atoms with E-state index >= 15 is 0 Å². The number of para-hydroxylation sites is 1. The highest BCUT2D eigenvalue weighted by atomic mass is 16.4. The van der Waals surface area contributed by atoms with Crippen LogP contribution in [0.4, 0.5) is 0 Å². The summed E-state index contributed by atoms with van der Waals surface area (Å²) in [5, 5.41) is 10.0. The van der Waals surface area contributed by atoms with Gasteiger partial charge in [0.25, 0.3) is 0 Å². The minimum atomic E-state index is -1.04. The molecule has 0 unspecified atom stereocenters. The maximum absolute atomic E-state index is 10.8. The Morgan fingerprint density at radius 1 is 1.26 bits per heavy atom. The molecule has 0 aliphatic heterocycles. The predicted octanol–water partition coefficient (Wildman–Crippen LogP) is 3.29. The fourth-order valence-corrected chi connectivity index (χ4v) is 2.33. The van der Waals surface area contributed by atoms with Crippen molar-refractivity contribution in [1.29, 1.82) is 0 Å². The topological polar surface area (TPSA) is 55.4 Å². The van der Waals surface area contributed by atoms with Crippen molar-refractivity contribution in [2.45, 2.75) is 13.5 Å². The lowest BCUT2D eigenvalue weighted by molar-refractivity contribution is 0.0660. The third kappa shape index (κ3) is 2.01. The van der Waals surface area contributed by atoms with Crippen LogP contribution in [0.3, 0.4) is 0 Å². The summed E-state index contributed by atoms with van der Waals surface area (Å²) in [7, 11) is 0. The molecule has 3 rings (SSSR count). The monoisotopic (exact) mass is 255 g/mol. The maximum atomic E-state index is 10.8. The third-order valence-corrected chi connectivity index (χ3v) is 3.19. The van der Waals surface area contributed by atoms with Crippen LogP contribution in [0.15, 0.2) is 47.0 Å². The van der Waals surface area contributed by atoms with E-state index in [2.05, 4.69) is 23.6 Å². The van der Waals surface area contributed by atoms with Gasteiger partial charge in [-0.3, -0.25) is 0 Å². The van der Waals surface area contributed by atoms with E-state index in [4.69, 9.17) is 9.52 Å². The number of hydrogen-bond donors (Lipinski definition) is 1. The Kier molecular flexibility index (Phi) is 2.63. The lowest BCUT2D eigenvalue weighted by atomic mass is 10.2. The van der Waals surface area contributed by atoms with Crippen molar-refractivity contribution in [1.82, 2.24) is 4.57 Å². The van der Waals surface area contributed by atoms with Gasteiger partial charge in [0.2, 0.25) is 5.76 Å². The minimum Gasteiger partial charge on any atom is -0.475 e. The molecule has 4 nitrogen and oxygen atoms in total. The number of rotatable bonds is 3. The van der Waals surface area contributed by atoms with Crippen LogP contribution in [0.5, 0.6) is 0 Å². The largest absolute Gasteiger partial charge is 0.475 e. The molecule has 19 heavy (non-hydrogen) atoms. The fourth-order valence-electron chi connectivity index (χ4n) is 2.33. The zero-order valence-electron chi connectivity index (χ0n) is 10.5. The van der Waals surface area contributed by atoms with Crippen molar-refractivity contribution in [2.24, 2.45) is 0 Å². The number of aryl methyl sites for hydroxylation is 1. The molecule has 2 aromatic heterocycles. The fraction of sp³-hybridized carbons (Fsp3) is 0.133. The molecule has 0 bridgehead atoms. The molecular weight excluding hydrogens is 242 g/mol. The van der Waals surface area contributed by atoms with Gasteiger partial charge in [0.1, 0.15) is 5.76 Å². The molecule has 0 spiro atoms. The number of benzene rings is 1. The highest BCUT2D eigenvalue weighted by molar-refractivity contribution is 5.84. The summed E-state index contributed by atoms with van der Waals surface area (Å²) >= 11 is 0. The quantitative estimate of drug-likeness (QED) is 0.781. The second-order valence-electron chi connectivity index (χ2n) is 4.53. The maximum Gasteiger partial charge on any atom is 0.371 e. The van der Waals surface area contributed by atoms with Crippen LogP contribution in [0.2, 0.25) is 0 Å². The first-order valence-electron chi connectivity index (χ1n) is 6.01. The van der Waals surface area contributed by atoms with Crippen LogP contribution in [0.25, 0.3) is 10.9 Å². The summed E-state index contributed by atoms with van der Waals surface area (Å²) in [5.41, 5.74) is 2.34. The van der Waals surface area contributed by atoms with Gasteiger partial charge in [-0.15, -0.1) is 0 Å². The third-order valence-electron chi connectivity index (χ3n) is 3.19. The molecule has 96 valence electrons. The molecular formula is C15H13NO3. The molecule has 1 aromatic carbocycles. The summed E-state index contributed by atoms with van der Waals surface area (Å²) in [4.78, 5) is 10.8. The number of nitrogens with zero attached hydrogens (tertiary/aromatic N) is 1. The highest BCUT2D eigenvalue weighted by Gasteiger charge is 2.10. The van der Waals surface area contributed by atoms with Crippen LogP contribution in [0.1, 0.15) is 21.9 Å². The standard InChI is InChI=1S/C15H13NO3/c1-10-3-2-4-11-7-8-16(14(10)11)9-12-5-6-13(19-12)15(17)18/h2-8H,9H2,1H3,(H,17,18). The van der Waals surface area contributed by atoms with Gasteiger partial charge in [-0.05, 0) is 36.1 Å². The SMILES string of the molecule is Cc1cccc2ccn(Cc3ccc(C(=O)O)o3)c12. The van der Waals surface area contributed by atoms with Gasteiger partial charge in [-0.1, -0.05) is 18.2 Å². The molecule has 0 saturated carbocycles. The number of carbonyl (C=O) groups is 1. The number of fused-ring (bicyclic) bond motifs is 1. The number of hydrogen-bond acceptors (Lipinski definition) is 2. The predicted molar refractivity (Wildman–Crippen MR) is 71.4 cm³/mol. The lowest BCUT2D eigenvalue weighted by Crippen LogP contribution is -1.98. The molecule has 0 aliphatic carbocycles. The van der Waals surface area contributed by atoms with E-state index < -0.39 is 5.97 Å². The Balaban J connectivity index is 1.98. The van der Waals surface area contributed by atoms with Gasteiger partial charge in [-0.2, -0.15) is 0 Å². The van der Waals surface area contributed by atoms with Gasteiger partial charge in [0, 0.05) is 6.20 Å².